The zero-order valence-corrected chi connectivity index (χ0v) is 14.4. The lowest BCUT2D eigenvalue weighted by molar-refractivity contribution is -0.149. The molecule has 1 aliphatic rings. The molecule has 0 unspecified atom stereocenters. The van der Waals surface area contributed by atoms with Crippen LogP contribution in [0.1, 0.15) is 6.42 Å². The van der Waals surface area contributed by atoms with Crippen LogP contribution in [0, 0.1) is 3.57 Å². The van der Waals surface area contributed by atoms with E-state index in [1.165, 1.54) is 4.90 Å². The lowest BCUT2D eigenvalue weighted by Crippen LogP contribution is -2.49. The summed E-state index contributed by atoms with van der Waals surface area (Å²) in [6, 6.07) is 7.85. The molecule has 0 atom stereocenters. The maximum absolute atomic E-state index is 12.3. The topological polar surface area (TPSA) is 15.7 Å². The third-order valence-corrected chi connectivity index (χ3v) is 4.47. The van der Waals surface area contributed by atoms with Crippen LogP contribution < -0.4 is 4.74 Å². The van der Waals surface area contributed by atoms with Crippen molar-refractivity contribution in [3.05, 3.63) is 27.8 Å². The lowest BCUT2D eigenvalue weighted by atomic mass is 10.3. The Morgan fingerprint density at radius 3 is 2.32 bits per heavy atom. The minimum absolute atomic E-state index is 0.483. The molecule has 22 heavy (non-hydrogen) atoms. The molecule has 0 aromatic heterocycles. The van der Waals surface area contributed by atoms with Gasteiger partial charge in [-0.2, -0.15) is 13.2 Å². The number of hydrogen-bond acceptors (Lipinski definition) is 3. The Morgan fingerprint density at radius 1 is 1.05 bits per heavy atom. The van der Waals surface area contributed by atoms with E-state index in [0.29, 0.717) is 32.8 Å². The molecule has 1 aromatic carbocycles. The molecule has 7 heteroatoms. The van der Waals surface area contributed by atoms with E-state index in [1.54, 1.807) is 0 Å². The van der Waals surface area contributed by atoms with Gasteiger partial charge in [0.1, 0.15) is 5.75 Å². The average Bonchev–Trinajstić information content (AvgIpc) is 2.45. The van der Waals surface area contributed by atoms with Gasteiger partial charge in [-0.3, -0.25) is 4.90 Å². The van der Waals surface area contributed by atoms with Gasteiger partial charge < -0.3 is 9.64 Å². The summed E-state index contributed by atoms with van der Waals surface area (Å²) in [5.74, 6) is 0.887. The molecular weight excluding hydrogens is 408 g/mol. The van der Waals surface area contributed by atoms with Crippen molar-refractivity contribution in [2.75, 3.05) is 45.9 Å². The van der Waals surface area contributed by atoms with Crippen molar-refractivity contribution in [3.63, 3.8) is 0 Å². The summed E-state index contributed by atoms with van der Waals surface area (Å²) >= 11 is 2.24. The van der Waals surface area contributed by atoms with Gasteiger partial charge in [0.05, 0.1) is 16.7 Å². The molecular formula is C15H20F3IN2O. The van der Waals surface area contributed by atoms with E-state index in [9.17, 15) is 13.2 Å². The lowest BCUT2D eigenvalue weighted by Gasteiger charge is -2.34. The molecule has 1 aliphatic heterocycles. The Bertz CT molecular complexity index is 462. The number of para-hydroxylation sites is 1. The predicted octanol–water partition coefficient (Wildman–Crippen LogP) is 3.24. The zero-order chi connectivity index (χ0) is 16.0. The van der Waals surface area contributed by atoms with Crippen LogP contribution in [0.5, 0.6) is 5.75 Å². The summed E-state index contributed by atoms with van der Waals surface area (Å²) in [6.45, 7) is 3.05. The Hall–Kier alpha value is -0.540. The van der Waals surface area contributed by atoms with E-state index in [4.69, 9.17) is 4.74 Å². The maximum Gasteiger partial charge on any atom is 0.401 e. The number of rotatable bonds is 6. The Labute approximate surface area is 142 Å². The van der Waals surface area contributed by atoms with Crippen LogP contribution in [0.3, 0.4) is 0 Å². The number of hydrogen-bond donors (Lipinski definition) is 0. The van der Waals surface area contributed by atoms with Gasteiger partial charge >= 0.3 is 6.18 Å². The van der Waals surface area contributed by atoms with Gasteiger partial charge in [0.2, 0.25) is 0 Å². The molecule has 0 aliphatic carbocycles. The molecule has 1 saturated heterocycles. The van der Waals surface area contributed by atoms with E-state index in [-0.39, 0.29) is 0 Å². The molecule has 0 N–H and O–H groups in total. The number of nitrogens with zero attached hydrogens (tertiary/aromatic N) is 2. The largest absolute Gasteiger partial charge is 0.492 e. The third-order valence-electron chi connectivity index (χ3n) is 3.58. The summed E-state index contributed by atoms with van der Waals surface area (Å²) in [7, 11) is 0. The summed E-state index contributed by atoms with van der Waals surface area (Å²) in [5, 5.41) is 0. The van der Waals surface area contributed by atoms with Crippen LogP contribution in [-0.2, 0) is 0 Å². The van der Waals surface area contributed by atoms with E-state index in [2.05, 4.69) is 27.5 Å². The summed E-state index contributed by atoms with van der Waals surface area (Å²) in [4.78, 5) is 3.67. The molecule has 0 amide bonds. The fourth-order valence-corrected chi connectivity index (χ4v) is 3.00. The molecule has 1 aromatic rings. The quantitative estimate of drug-likeness (QED) is 0.511. The maximum atomic E-state index is 12.3. The van der Waals surface area contributed by atoms with E-state index in [0.717, 1.165) is 22.3 Å². The molecule has 0 spiro atoms. The molecule has 3 nitrogen and oxygen atoms in total. The normalized spacial score (nSPS) is 17.6. The SMILES string of the molecule is FC(F)(F)CN1CCN(CCCOc2ccccc2I)CC1. The molecule has 0 radical (unpaired) electrons. The first-order valence-corrected chi connectivity index (χ1v) is 8.41. The van der Waals surface area contributed by atoms with Gasteiger partial charge in [0, 0.05) is 32.7 Å². The highest BCUT2D eigenvalue weighted by Gasteiger charge is 2.31. The minimum Gasteiger partial charge on any atom is -0.492 e. The van der Waals surface area contributed by atoms with Crippen LogP contribution in [0.2, 0.25) is 0 Å². The van der Waals surface area contributed by atoms with Crippen molar-refractivity contribution in [1.82, 2.24) is 9.80 Å². The van der Waals surface area contributed by atoms with Crippen LogP contribution in [0.15, 0.2) is 24.3 Å². The first-order chi connectivity index (χ1) is 10.4. The monoisotopic (exact) mass is 428 g/mol. The molecule has 124 valence electrons. The number of benzene rings is 1. The Kier molecular flexibility index (Phi) is 6.76. The first kappa shape index (κ1) is 17.8. The van der Waals surface area contributed by atoms with Crippen molar-refractivity contribution >= 4 is 22.6 Å². The van der Waals surface area contributed by atoms with Crippen molar-refractivity contribution in [3.8, 4) is 5.75 Å². The van der Waals surface area contributed by atoms with Gasteiger partial charge in [-0.15, -0.1) is 0 Å². The van der Waals surface area contributed by atoms with Gasteiger partial charge in [0.15, 0.2) is 0 Å². The number of piperazine rings is 1. The summed E-state index contributed by atoms with van der Waals surface area (Å²) < 4.78 is 43.7. The Morgan fingerprint density at radius 2 is 1.68 bits per heavy atom. The van der Waals surface area contributed by atoms with Crippen LogP contribution in [-0.4, -0.2) is 61.9 Å². The van der Waals surface area contributed by atoms with Gasteiger partial charge in [-0.25, -0.2) is 0 Å². The molecule has 1 fully saturated rings. The van der Waals surface area contributed by atoms with Crippen molar-refractivity contribution < 1.29 is 17.9 Å². The fraction of sp³-hybridized carbons (Fsp3) is 0.600. The number of ether oxygens (including phenoxy) is 1. The smallest absolute Gasteiger partial charge is 0.401 e. The molecule has 1 heterocycles. The van der Waals surface area contributed by atoms with Crippen molar-refractivity contribution in [1.29, 1.82) is 0 Å². The Balaban J connectivity index is 1.60. The van der Waals surface area contributed by atoms with Crippen LogP contribution in [0.4, 0.5) is 13.2 Å². The standard InChI is InChI=1S/C15H20F3IN2O/c16-15(17,18)12-21-9-7-20(8-10-21)6-3-11-22-14-5-2-1-4-13(14)19/h1-2,4-5H,3,6-12H2. The van der Waals surface area contributed by atoms with E-state index < -0.39 is 12.7 Å². The molecule has 0 bridgehead atoms. The van der Waals surface area contributed by atoms with Crippen molar-refractivity contribution in [2.24, 2.45) is 0 Å². The van der Waals surface area contributed by atoms with Crippen LogP contribution in [0.25, 0.3) is 0 Å². The average molecular weight is 428 g/mol. The second-order valence-corrected chi connectivity index (χ2v) is 6.53. The minimum atomic E-state index is -4.09. The van der Waals surface area contributed by atoms with Crippen LogP contribution >= 0.6 is 22.6 Å². The summed E-state index contributed by atoms with van der Waals surface area (Å²) in [6.07, 6.45) is -3.22. The van der Waals surface area contributed by atoms with E-state index >= 15 is 0 Å². The highest BCUT2D eigenvalue weighted by Crippen LogP contribution is 2.20. The first-order valence-electron chi connectivity index (χ1n) is 7.33. The second-order valence-electron chi connectivity index (χ2n) is 5.37. The zero-order valence-electron chi connectivity index (χ0n) is 12.3. The highest BCUT2D eigenvalue weighted by molar-refractivity contribution is 14.1. The molecule has 2 rings (SSSR count). The number of alkyl halides is 3. The predicted molar refractivity (Wildman–Crippen MR) is 88.2 cm³/mol. The summed E-state index contributed by atoms with van der Waals surface area (Å²) in [5.41, 5.74) is 0. The fourth-order valence-electron chi connectivity index (χ4n) is 2.46. The van der Waals surface area contributed by atoms with Gasteiger partial charge in [0.25, 0.3) is 0 Å². The van der Waals surface area contributed by atoms with Gasteiger partial charge in [-0.1, -0.05) is 12.1 Å². The van der Waals surface area contributed by atoms with Gasteiger partial charge in [-0.05, 0) is 41.1 Å². The second kappa shape index (κ2) is 8.35. The van der Waals surface area contributed by atoms with Crippen molar-refractivity contribution in [2.45, 2.75) is 12.6 Å². The third kappa shape index (κ3) is 6.29. The highest BCUT2D eigenvalue weighted by atomic mass is 127. The van der Waals surface area contributed by atoms with E-state index in [1.807, 2.05) is 24.3 Å². The molecule has 0 saturated carbocycles. The number of halogens is 4.